The van der Waals surface area contributed by atoms with Gasteiger partial charge < -0.3 is 15.0 Å². The van der Waals surface area contributed by atoms with E-state index in [0.29, 0.717) is 34.8 Å². The molecule has 4 rings (SSSR count). The molecule has 0 saturated heterocycles. The van der Waals surface area contributed by atoms with Crippen molar-refractivity contribution in [2.24, 2.45) is 0 Å². The molecule has 0 aliphatic heterocycles. The summed E-state index contributed by atoms with van der Waals surface area (Å²) in [4.78, 5) is 43.7. The van der Waals surface area contributed by atoms with Gasteiger partial charge >= 0.3 is 5.97 Å². The molecule has 0 spiro atoms. The zero-order valence-electron chi connectivity index (χ0n) is 20.7. The molecule has 38 heavy (non-hydrogen) atoms. The van der Waals surface area contributed by atoms with Crippen LogP contribution in [0.3, 0.4) is 0 Å². The third-order valence-electron chi connectivity index (χ3n) is 6.06. The molecule has 2 N–H and O–H groups in total. The van der Waals surface area contributed by atoms with Crippen LogP contribution in [0.25, 0.3) is 10.9 Å². The minimum Gasteiger partial charge on any atom is -0.462 e. The van der Waals surface area contributed by atoms with Gasteiger partial charge in [0.25, 0.3) is 0 Å². The van der Waals surface area contributed by atoms with Crippen molar-refractivity contribution < 1.29 is 19.1 Å². The van der Waals surface area contributed by atoms with E-state index in [-0.39, 0.29) is 18.4 Å². The zero-order chi connectivity index (χ0) is 27.1. The summed E-state index contributed by atoms with van der Waals surface area (Å²) in [6.45, 7) is 2.31. The number of hydrogen-bond donors (Lipinski definition) is 2. The minimum atomic E-state index is -1.02. The van der Waals surface area contributed by atoms with Gasteiger partial charge in [-0.3, -0.25) is 14.5 Å². The Morgan fingerprint density at radius 2 is 1.79 bits per heavy atom. The Morgan fingerprint density at radius 3 is 2.50 bits per heavy atom. The standard InChI is InChI=1S/C29H27Cl2N3O4/c1-2-38-29(37)20-10-12-22(13-11-20)34(26(35)17-30)27(24-18-33-25-9-4-3-8-23(24)25)28(36)32-15-14-19-6-5-7-21(31)16-19/h3-13,16,18,27,33H,2,14-15,17H2,1H3,(H,32,36). The third-order valence-corrected chi connectivity index (χ3v) is 6.53. The van der Waals surface area contributed by atoms with E-state index < -0.39 is 17.9 Å². The van der Waals surface area contributed by atoms with Crippen molar-refractivity contribution in [2.75, 3.05) is 23.9 Å². The largest absolute Gasteiger partial charge is 0.462 e. The topological polar surface area (TPSA) is 91.5 Å². The first-order valence-corrected chi connectivity index (χ1v) is 13.1. The fraction of sp³-hybridized carbons (Fsp3) is 0.207. The van der Waals surface area contributed by atoms with Crippen LogP contribution in [0.4, 0.5) is 5.69 Å². The molecule has 196 valence electrons. The van der Waals surface area contributed by atoms with Crippen LogP contribution in [-0.4, -0.2) is 41.8 Å². The lowest BCUT2D eigenvalue weighted by Crippen LogP contribution is -2.45. The van der Waals surface area contributed by atoms with Gasteiger partial charge in [0.05, 0.1) is 12.2 Å². The monoisotopic (exact) mass is 551 g/mol. The highest BCUT2D eigenvalue weighted by Gasteiger charge is 2.34. The van der Waals surface area contributed by atoms with E-state index in [1.54, 1.807) is 43.5 Å². The van der Waals surface area contributed by atoms with Gasteiger partial charge in [-0.05, 0) is 61.4 Å². The molecule has 2 amide bonds. The number of alkyl halides is 1. The van der Waals surface area contributed by atoms with E-state index in [4.69, 9.17) is 27.9 Å². The van der Waals surface area contributed by atoms with Crippen LogP contribution in [-0.2, 0) is 20.7 Å². The van der Waals surface area contributed by atoms with Crippen molar-refractivity contribution in [3.8, 4) is 0 Å². The molecule has 9 heteroatoms. The quantitative estimate of drug-likeness (QED) is 0.196. The summed E-state index contributed by atoms with van der Waals surface area (Å²) in [6.07, 6.45) is 2.29. The van der Waals surface area contributed by atoms with E-state index in [0.717, 1.165) is 16.5 Å². The Labute approximate surface area is 230 Å². The predicted molar refractivity (Wildman–Crippen MR) is 150 cm³/mol. The van der Waals surface area contributed by atoms with Gasteiger partial charge in [-0.15, -0.1) is 11.6 Å². The molecule has 3 aromatic carbocycles. The number of amides is 2. The van der Waals surface area contributed by atoms with Crippen LogP contribution >= 0.6 is 23.2 Å². The summed E-state index contributed by atoms with van der Waals surface area (Å²) < 4.78 is 5.06. The van der Waals surface area contributed by atoms with Crippen molar-refractivity contribution in [1.82, 2.24) is 10.3 Å². The number of anilines is 1. The van der Waals surface area contributed by atoms with Crippen LogP contribution in [0.15, 0.2) is 79.0 Å². The average molecular weight is 552 g/mol. The van der Waals surface area contributed by atoms with Crippen molar-refractivity contribution in [2.45, 2.75) is 19.4 Å². The molecule has 4 aromatic rings. The highest BCUT2D eigenvalue weighted by molar-refractivity contribution is 6.30. The summed E-state index contributed by atoms with van der Waals surface area (Å²) in [5, 5.41) is 4.40. The Morgan fingerprint density at radius 1 is 1.03 bits per heavy atom. The number of rotatable bonds is 10. The summed E-state index contributed by atoms with van der Waals surface area (Å²) in [5.41, 5.74) is 3.18. The number of H-pyrrole nitrogens is 1. The second-order valence-corrected chi connectivity index (χ2v) is 9.23. The molecule has 0 radical (unpaired) electrons. The number of benzene rings is 3. The predicted octanol–water partition coefficient (Wildman–Crippen LogP) is 5.67. The number of hydrogen-bond acceptors (Lipinski definition) is 4. The normalized spacial score (nSPS) is 11.7. The Hall–Kier alpha value is -3.81. The fourth-order valence-electron chi connectivity index (χ4n) is 4.31. The lowest BCUT2D eigenvalue weighted by molar-refractivity contribution is -0.125. The summed E-state index contributed by atoms with van der Waals surface area (Å²) >= 11 is 12.1. The summed E-state index contributed by atoms with van der Waals surface area (Å²) in [6, 6.07) is 20.3. The highest BCUT2D eigenvalue weighted by atomic mass is 35.5. The third kappa shape index (κ3) is 6.18. The van der Waals surface area contributed by atoms with E-state index in [2.05, 4.69) is 10.3 Å². The summed E-state index contributed by atoms with van der Waals surface area (Å²) in [5.74, 6) is -1.64. The zero-order valence-corrected chi connectivity index (χ0v) is 22.3. The molecular weight excluding hydrogens is 525 g/mol. The van der Waals surface area contributed by atoms with Crippen LogP contribution < -0.4 is 10.2 Å². The van der Waals surface area contributed by atoms with Crippen molar-refractivity contribution in [3.63, 3.8) is 0 Å². The van der Waals surface area contributed by atoms with Crippen LogP contribution in [0.1, 0.15) is 34.5 Å². The molecule has 1 atom stereocenters. The molecule has 1 unspecified atom stereocenters. The van der Waals surface area contributed by atoms with E-state index in [9.17, 15) is 14.4 Å². The lowest BCUT2D eigenvalue weighted by atomic mass is 10.0. The first-order valence-electron chi connectivity index (χ1n) is 12.2. The molecule has 0 fully saturated rings. The number of carbonyl (C=O) groups excluding carboxylic acids is 3. The van der Waals surface area contributed by atoms with Crippen molar-refractivity contribution in [1.29, 1.82) is 0 Å². The smallest absolute Gasteiger partial charge is 0.338 e. The van der Waals surface area contributed by atoms with E-state index in [1.807, 2.05) is 42.5 Å². The van der Waals surface area contributed by atoms with Gasteiger partial charge in [0.2, 0.25) is 11.8 Å². The number of esters is 1. The number of nitrogens with zero attached hydrogens (tertiary/aromatic N) is 1. The maximum atomic E-state index is 13.8. The van der Waals surface area contributed by atoms with Crippen LogP contribution in [0.5, 0.6) is 0 Å². The first-order chi connectivity index (χ1) is 18.4. The minimum absolute atomic E-state index is 0.245. The molecule has 0 bridgehead atoms. The fourth-order valence-corrected chi connectivity index (χ4v) is 4.65. The van der Waals surface area contributed by atoms with Crippen LogP contribution in [0.2, 0.25) is 5.02 Å². The Kier molecular flexibility index (Phi) is 9.05. The number of ether oxygens (including phenoxy) is 1. The maximum absolute atomic E-state index is 13.8. The van der Waals surface area contributed by atoms with Crippen molar-refractivity contribution >= 4 is 57.6 Å². The van der Waals surface area contributed by atoms with Crippen molar-refractivity contribution in [3.05, 3.63) is 101 Å². The van der Waals surface area contributed by atoms with Gasteiger partial charge in [-0.2, -0.15) is 0 Å². The molecule has 7 nitrogen and oxygen atoms in total. The number of aromatic amines is 1. The highest BCUT2D eigenvalue weighted by Crippen LogP contribution is 2.33. The number of nitrogens with one attached hydrogen (secondary N) is 2. The van der Waals surface area contributed by atoms with Gasteiger partial charge in [0.15, 0.2) is 0 Å². The van der Waals surface area contributed by atoms with Gasteiger partial charge in [0, 0.05) is 39.9 Å². The second kappa shape index (κ2) is 12.6. The average Bonchev–Trinajstić information content (AvgIpc) is 3.35. The van der Waals surface area contributed by atoms with Gasteiger partial charge in [-0.25, -0.2) is 4.79 Å². The second-order valence-electron chi connectivity index (χ2n) is 8.53. The van der Waals surface area contributed by atoms with Gasteiger partial charge in [-0.1, -0.05) is 41.9 Å². The number of fused-ring (bicyclic) bond motifs is 1. The lowest BCUT2D eigenvalue weighted by Gasteiger charge is -2.31. The number of halogens is 2. The van der Waals surface area contributed by atoms with E-state index >= 15 is 0 Å². The molecule has 1 aromatic heterocycles. The molecule has 0 saturated carbocycles. The Bertz CT molecular complexity index is 1440. The molecular formula is C29H27Cl2N3O4. The van der Waals surface area contributed by atoms with Gasteiger partial charge in [0.1, 0.15) is 11.9 Å². The first kappa shape index (κ1) is 27.2. The molecule has 0 aliphatic carbocycles. The number of aromatic nitrogens is 1. The maximum Gasteiger partial charge on any atom is 0.338 e. The van der Waals surface area contributed by atoms with E-state index in [1.165, 1.54) is 4.90 Å². The number of para-hydroxylation sites is 1. The van der Waals surface area contributed by atoms with Crippen LogP contribution in [0, 0.1) is 0 Å². The Balaban J connectivity index is 1.70. The SMILES string of the molecule is CCOC(=O)c1ccc(N(C(=O)CCl)C(C(=O)NCCc2cccc(Cl)c2)c2c[nH]c3ccccc23)cc1. The summed E-state index contributed by atoms with van der Waals surface area (Å²) in [7, 11) is 0. The number of carbonyl (C=O) groups is 3. The molecule has 1 heterocycles. The molecule has 0 aliphatic rings.